The van der Waals surface area contributed by atoms with Gasteiger partial charge in [0.1, 0.15) is 11.6 Å². The van der Waals surface area contributed by atoms with Crippen LogP contribution in [0.5, 0.6) is 0 Å². The van der Waals surface area contributed by atoms with Gasteiger partial charge in [0.25, 0.3) is 0 Å². The Morgan fingerprint density at radius 2 is 1.80 bits per heavy atom. The number of ether oxygens (including phenoxy) is 1. The third-order valence-electron chi connectivity index (χ3n) is 2.91. The SMILES string of the molecule is COCc1cc(NN)nc(Cc2cc(C)cc(C)c2)n1. The number of hydrogen-bond donors (Lipinski definition) is 2. The molecule has 2 rings (SSSR count). The second-order valence-corrected chi connectivity index (χ2v) is 4.91. The number of aryl methyl sites for hydroxylation is 2. The number of benzene rings is 1. The van der Waals surface area contributed by atoms with Crippen LogP contribution in [0.1, 0.15) is 28.2 Å². The van der Waals surface area contributed by atoms with Crippen molar-refractivity contribution >= 4 is 5.82 Å². The zero-order chi connectivity index (χ0) is 14.5. The Balaban J connectivity index is 2.29. The number of nitrogen functional groups attached to an aromatic ring is 1. The van der Waals surface area contributed by atoms with Gasteiger partial charge in [-0.15, -0.1) is 0 Å². The molecule has 0 saturated carbocycles. The quantitative estimate of drug-likeness (QED) is 0.644. The molecule has 5 heteroatoms. The Morgan fingerprint density at radius 3 is 2.40 bits per heavy atom. The van der Waals surface area contributed by atoms with E-state index in [2.05, 4.69) is 47.4 Å². The van der Waals surface area contributed by atoms with Gasteiger partial charge in [-0.2, -0.15) is 0 Å². The fraction of sp³-hybridized carbons (Fsp3) is 0.333. The summed E-state index contributed by atoms with van der Waals surface area (Å²) in [6.07, 6.45) is 0.675. The first-order valence-corrected chi connectivity index (χ1v) is 6.50. The van der Waals surface area contributed by atoms with Crippen molar-refractivity contribution in [1.29, 1.82) is 0 Å². The number of hydrazine groups is 1. The smallest absolute Gasteiger partial charge is 0.144 e. The second kappa shape index (κ2) is 6.45. The molecule has 3 N–H and O–H groups in total. The van der Waals surface area contributed by atoms with Crippen LogP contribution in [-0.4, -0.2) is 17.1 Å². The molecule has 0 aliphatic heterocycles. The van der Waals surface area contributed by atoms with Crippen LogP contribution < -0.4 is 11.3 Å². The summed E-state index contributed by atoms with van der Waals surface area (Å²) in [7, 11) is 1.64. The van der Waals surface area contributed by atoms with Gasteiger partial charge in [0, 0.05) is 19.6 Å². The highest BCUT2D eigenvalue weighted by Crippen LogP contribution is 2.14. The summed E-state index contributed by atoms with van der Waals surface area (Å²) >= 11 is 0. The minimum atomic E-state index is 0.442. The van der Waals surface area contributed by atoms with Crippen molar-refractivity contribution < 1.29 is 4.74 Å². The molecule has 0 radical (unpaired) electrons. The van der Waals surface area contributed by atoms with Crippen molar-refractivity contribution in [2.24, 2.45) is 5.84 Å². The van der Waals surface area contributed by atoms with Crippen molar-refractivity contribution in [1.82, 2.24) is 9.97 Å². The number of nitrogens with one attached hydrogen (secondary N) is 1. The van der Waals surface area contributed by atoms with Gasteiger partial charge in [-0.1, -0.05) is 29.3 Å². The summed E-state index contributed by atoms with van der Waals surface area (Å²) in [6, 6.07) is 8.23. The molecule has 1 heterocycles. The summed E-state index contributed by atoms with van der Waals surface area (Å²) in [5, 5.41) is 0. The number of nitrogens with zero attached hydrogens (tertiary/aromatic N) is 2. The number of methoxy groups -OCH3 is 1. The molecule has 106 valence electrons. The average molecular weight is 272 g/mol. The first-order valence-electron chi connectivity index (χ1n) is 6.50. The lowest BCUT2D eigenvalue weighted by molar-refractivity contribution is 0.181. The van der Waals surface area contributed by atoms with Crippen molar-refractivity contribution in [2.75, 3.05) is 12.5 Å². The molecule has 0 unspecified atom stereocenters. The average Bonchev–Trinajstić information content (AvgIpc) is 2.37. The molecule has 0 atom stereocenters. The molecule has 20 heavy (non-hydrogen) atoms. The maximum Gasteiger partial charge on any atom is 0.144 e. The van der Waals surface area contributed by atoms with E-state index < -0.39 is 0 Å². The van der Waals surface area contributed by atoms with Gasteiger partial charge in [-0.3, -0.25) is 0 Å². The highest BCUT2D eigenvalue weighted by Gasteiger charge is 2.06. The van der Waals surface area contributed by atoms with E-state index in [0.29, 0.717) is 18.8 Å². The zero-order valence-corrected chi connectivity index (χ0v) is 12.1. The molecule has 0 fully saturated rings. The fourth-order valence-electron chi connectivity index (χ4n) is 2.28. The molecule has 0 saturated heterocycles. The molecule has 0 aliphatic rings. The lowest BCUT2D eigenvalue weighted by Crippen LogP contribution is -2.12. The van der Waals surface area contributed by atoms with E-state index in [9.17, 15) is 0 Å². The van der Waals surface area contributed by atoms with Crippen LogP contribution in [0.3, 0.4) is 0 Å². The molecule has 0 aliphatic carbocycles. The lowest BCUT2D eigenvalue weighted by Gasteiger charge is -2.08. The van der Waals surface area contributed by atoms with Crippen LogP contribution in [0.4, 0.5) is 5.82 Å². The standard InChI is InChI=1S/C15H20N4O/c1-10-4-11(2)6-12(5-10)7-14-17-13(9-20-3)8-15(18-14)19-16/h4-6,8H,7,9,16H2,1-3H3,(H,17,18,19). The van der Waals surface area contributed by atoms with Gasteiger partial charge in [-0.05, 0) is 19.4 Å². The van der Waals surface area contributed by atoms with Gasteiger partial charge >= 0.3 is 0 Å². The molecule has 2 aromatic rings. The minimum absolute atomic E-state index is 0.442. The van der Waals surface area contributed by atoms with E-state index in [0.717, 1.165) is 11.5 Å². The number of nitrogens with two attached hydrogens (primary N) is 1. The Kier molecular flexibility index (Phi) is 4.65. The molecular weight excluding hydrogens is 252 g/mol. The van der Waals surface area contributed by atoms with Crippen molar-refractivity contribution in [3.63, 3.8) is 0 Å². The maximum atomic E-state index is 5.44. The Bertz CT molecular complexity index is 578. The first kappa shape index (κ1) is 14.4. The summed E-state index contributed by atoms with van der Waals surface area (Å²) in [6.45, 7) is 4.62. The predicted octanol–water partition coefficient (Wildman–Crippen LogP) is 2.12. The van der Waals surface area contributed by atoms with Gasteiger partial charge < -0.3 is 10.2 Å². The van der Waals surface area contributed by atoms with Crippen molar-refractivity contribution in [3.05, 3.63) is 52.5 Å². The summed E-state index contributed by atoms with van der Waals surface area (Å²) < 4.78 is 5.11. The van der Waals surface area contributed by atoms with E-state index in [4.69, 9.17) is 10.6 Å². The van der Waals surface area contributed by atoms with E-state index >= 15 is 0 Å². The Hall–Kier alpha value is -1.98. The Labute approximate surface area is 119 Å². The molecule has 0 amide bonds. The highest BCUT2D eigenvalue weighted by atomic mass is 16.5. The summed E-state index contributed by atoms with van der Waals surface area (Å²) in [5.41, 5.74) is 7.06. The van der Waals surface area contributed by atoms with Crippen LogP contribution in [0.25, 0.3) is 0 Å². The van der Waals surface area contributed by atoms with Gasteiger partial charge in [-0.25, -0.2) is 15.8 Å². The molecule has 5 nitrogen and oxygen atoms in total. The van der Waals surface area contributed by atoms with Crippen LogP contribution in [0.2, 0.25) is 0 Å². The van der Waals surface area contributed by atoms with Crippen molar-refractivity contribution in [2.45, 2.75) is 26.9 Å². The monoisotopic (exact) mass is 272 g/mol. The topological polar surface area (TPSA) is 73.1 Å². The van der Waals surface area contributed by atoms with Crippen LogP contribution in [0.15, 0.2) is 24.3 Å². The summed E-state index contributed by atoms with van der Waals surface area (Å²) in [5.74, 6) is 6.78. The fourth-order valence-corrected chi connectivity index (χ4v) is 2.28. The van der Waals surface area contributed by atoms with Gasteiger partial charge in [0.15, 0.2) is 0 Å². The van der Waals surface area contributed by atoms with Crippen LogP contribution in [0, 0.1) is 13.8 Å². The number of rotatable bonds is 5. The molecule has 1 aromatic heterocycles. The van der Waals surface area contributed by atoms with E-state index in [1.165, 1.54) is 16.7 Å². The van der Waals surface area contributed by atoms with Crippen LogP contribution in [-0.2, 0) is 17.8 Å². The normalized spacial score (nSPS) is 10.6. The third-order valence-corrected chi connectivity index (χ3v) is 2.91. The van der Waals surface area contributed by atoms with E-state index in [1.54, 1.807) is 13.2 Å². The first-order chi connectivity index (χ1) is 9.60. The van der Waals surface area contributed by atoms with E-state index in [1.807, 2.05) is 0 Å². The molecule has 1 aromatic carbocycles. The second-order valence-electron chi connectivity index (χ2n) is 4.91. The number of aromatic nitrogens is 2. The molecule has 0 spiro atoms. The lowest BCUT2D eigenvalue weighted by atomic mass is 10.0. The largest absolute Gasteiger partial charge is 0.378 e. The van der Waals surface area contributed by atoms with Gasteiger partial charge in [0.2, 0.25) is 0 Å². The van der Waals surface area contributed by atoms with E-state index in [-0.39, 0.29) is 0 Å². The number of hydrogen-bond acceptors (Lipinski definition) is 5. The van der Waals surface area contributed by atoms with Crippen LogP contribution >= 0.6 is 0 Å². The Morgan fingerprint density at radius 1 is 1.10 bits per heavy atom. The van der Waals surface area contributed by atoms with Gasteiger partial charge in [0.05, 0.1) is 12.3 Å². The third kappa shape index (κ3) is 3.76. The zero-order valence-electron chi connectivity index (χ0n) is 12.1. The highest BCUT2D eigenvalue weighted by molar-refractivity contribution is 5.36. The number of anilines is 1. The molecular formula is C15H20N4O. The maximum absolute atomic E-state index is 5.44. The minimum Gasteiger partial charge on any atom is -0.378 e. The summed E-state index contributed by atoms with van der Waals surface area (Å²) in [4.78, 5) is 8.88. The molecule has 0 bridgehead atoms. The van der Waals surface area contributed by atoms with Crippen molar-refractivity contribution in [3.8, 4) is 0 Å². The predicted molar refractivity (Wildman–Crippen MR) is 79.3 cm³/mol.